The predicted octanol–water partition coefficient (Wildman–Crippen LogP) is 3.24. The van der Waals surface area contributed by atoms with Crippen molar-refractivity contribution in [3.63, 3.8) is 0 Å². The van der Waals surface area contributed by atoms with E-state index in [1.165, 1.54) is 4.31 Å². The normalized spacial score (nSPS) is 14.8. The van der Waals surface area contributed by atoms with E-state index in [2.05, 4.69) is 18.4 Å². The lowest BCUT2D eigenvalue weighted by atomic mass is 9.93. The second kappa shape index (κ2) is 8.80. The number of rotatable bonds is 6. The van der Waals surface area contributed by atoms with Gasteiger partial charge in [0.05, 0.1) is 11.4 Å². The number of carbonyl (C=O) groups is 1. The zero-order chi connectivity index (χ0) is 18.3. The second-order valence-electron chi connectivity index (χ2n) is 6.03. The van der Waals surface area contributed by atoms with Crippen LogP contribution in [0.1, 0.15) is 31.2 Å². The van der Waals surface area contributed by atoms with Crippen LogP contribution >= 0.6 is 0 Å². The number of sulfonamides is 1. The van der Waals surface area contributed by atoms with E-state index in [1.807, 2.05) is 6.92 Å². The Bertz CT molecular complexity index is 824. The molecular weight excluding hydrogens is 334 g/mol. The Morgan fingerprint density at radius 3 is 2.52 bits per heavy atom. The molecule has 0 spiro atoms. The highest BCUT2D eigenvalue weighted by Gasteiger charge is 2.22. The summed E-state index contributed by atoms with van der Waals surface area (Å²) >= 11 is 0. The van der Waals surface area contributed by atoms with Crippen molar-refractivity contribution in [1.82, 2.24) is 4.31 Å². The Balaban J connectivity index is 2.23. The summed E-state index contributed by atoms with van der Waals surface area (Å²) in [7, 11) is -3.63. The topological polar surface area (TPSA) is 54.5 Å². The molecule has 0 aromatic heterocycles. The number of hydrogen-bond acceptors (Lipinski definition) is 3. The predicted molar refractivity (Wildman–Crippen MR) is 99.5 cm³/mol. The lowest BCUT2D eigenvalue weighted by Crippen LogP contribution is -2.31. The molecule has 4 nitrogen and oxygen atoms in total. The maximum Gasteiger partial charge on any atom is 0.244 e. The fraction of sp³-hybridized carbons (Fsp3) is 0.350. The monoisotopic (exact) mass is 357 g/mol. The molecule has 0 fully saturated rings. The molecule has 0 unspecified atom stereocenters. The summed E-state index contributed by atoms with van der Waals surface area (Å²) in [6, 6.07) is 6.74. The molecule has 0 saturated heterocycles. The molecule has 132 valence electrons. The smallest absolute Gasteiger partial charge is 0.244 e. The van der Waals surface area contributed by atoms with Gasteiger partial charge in [0.15, 0.2) is 0 Å². The summed E-state index contributed by atoms with van der Waals surface area (Å²) in [5.41, 5.74) is 2.59. The third-order valence-corrected chi connectivity index (χ3v) is 5.96. The van der Waals surface area contributed by atoms with Gasteiger partial charge in [-0.1, -0.05) is 35.6 Å². The molecule has 2 rings (SSSR count). The van der Waals surface area contributed by atoms with Crippen LogP contribution in [0.5, 0.6) is 0 Å². The highest BCUT2D eigenvalue weighted by atomic mass is 32.2. The fourth-order valence-electron chi connectivity index (χ4n) is 2.69. The zero-order valence-electron chi connectivity index (χ0n) is 14.5. The van der Waals surface area contributed by atoms with E-state index in [1.54, 1.807) is 30.3 Å². The molecule has 0 amide bonds. The first kappa shape index (κ1) is 19.2. The van der Waals surface area contributed by atoms with Gasteiger partial charge in [-0.15, -0.1) is 6.58 Å². The van der Waals surface area contributed by atoms with Gasteiger partial charge in [-0.3, -0.25) is 4.79 Å². The number of nitrogens with zero attached hydrogens (tertiary/aromatic N) is 1. The molecule has 5 heteroatoms. The number of benzene rings is 1. The Labute approximate surface area is 150 Å². The van der Waals surface area contributed by atoms with E-state index in [9.17, 15) is 13.2 Å². The van der Waals surface area contributed by atoms with Gasteiger partial charge in [-0.05, 0) is 44.7 Å². The molecule has 1 aliphatic carbocycles. The van der Waals surface area contributed by atoms with Crippen LogP contribution in [0.4, 0.5) is 0 Å². The Hall–Kier alpha value is -2.16. The van der Waals surface area contributed by atoms with Crippen molar-refractivity contribution in [2.24, 2.45) is 0 Å². The molecule has 0 bridgehead atoms. The summed E-state index contributed by atoms with van der Waals surface area (Å²) in [4.78, 5) is 11.3. The van der Waals surface area contributed by atoms with Crippen LogP contribution in [-0.2, 0) is 14.8 Å². The fourth-order valence-corrected chi connectivity index (χ4v) is 4.00. The van der Waals surface area contributed by atoms with Gasteiger partial charge in [0.25, 0.3) is 0 Å². The van der Waals surface area contributed by atoms with E-state index in [0.29, 0.717) is 0 Å². The third-order valence-electron chi connectivity index (χ3n) is 4.14. The average Bonchev–Trinajstić information content (AvgIpc) is 2.61. The van der Waals surface area contributed by atoms with Gasteiger partial charge in [-0.25, -0.2) is 8.42 Å². The quantitative estimate of drug-likeness (QED) is 0.446. The number of aryl methyl sites for hydroxylation is 1. The van der Waals surface area contributed by atoms with Crippen molar-refractivity contribution in [2.45, 2.75) is 37.5 Å². The summed E-state index contributed by atoms with van der Waals surface area (Å²) < 4.78 is 26.9. The SMILES string of the molecule is C=CCN(CC#CC1=C(C=O)CCCC1)S(=O)(=O)c1ccc(C)cc1. The minimum atomic E-state index is -3.63. The average molecular weight is 357 g/mol. The minimum Gasteiger partial charge on any atom is -0.298 e. The first-order chi connectivity index (χ1) is 12.0. The Morgan fingerprint density at radius 2 is 1.88 bits per heavy atom. The molecule has 1 aliphatic rings. The number of carbonyl (C=O) groups excluding carboxylic acids is 1. The van der Waals surface area contributed by atoms with Gasteiger partial charge in [0.1, 0.15) is 6.29 Å². The number of aldehydes is 1. The van der Waals surface area contributed by atoms with Gasteiger partial charge in [0.2, 0.25) is 10.0 Å². The Kier molecular flexibility index (Phi) is 6.74. The number of hydrogen-bond donors (Lipinski definition) is 0. The van der Waals surface area contributed by atoms with E-state index >= 15 is 0 Å². The van der Waals surface area contributed by atoms with E-state index in [0.717, 1.165) is 48.7 Å². The van der Waals surface area contributed by atoms with Crippen molar-refractivity contribution in [3.8, 4) is 11.8 Å². The van der Waals surface area contributed by atoms with Gasteiger partial charge >= 0.3 is 0 Å². The highest BCUT2D eigenvalue weighted by Crippen LogP contribution is 2.22. The van der Waals surface area contributed by atoms with Crippen molar-refractivity contribution in [1.29, 1.82) is 0 Å². The molecule has 0 aliphatic heterocycles. The van der Waals surface area contributed by atoms with E-state index in [-0.39, 0.29) is 18.0 Å². The molecule has 1 aromatic rings. The van der Waals surface area contributed by atoms with Crippen LogP contribution in [0.2, 0.25) is 0 Å². The summed E-state index contributed by atoms with van der Waals surface area (Å²) in [6.07, 6.45) is 5.97. The first-order valence-electron chi connectivity index (χ1n) is 8.33. The van der Waals surface area contributed by atoms with Gasteiger partial charge in [0, 0.05) is 17.7 Å². The molecule has 1 aromatic carbocycles. The van der Waals surface area contributed by atoms with E-state index < -0.39 is 10.0 Å². The van der Waals surface area contributed by atoms with E-state index in [4.69, 9.17) is 0 Å². The molecule has 0 heterocycles. The largest absolute Gasteiger partial charge is 0.298 e. The standard InChI is InChI=1S/C20H23NO3S/c1-3-14-21(25(23,24)20-12-10-17(2)11-13-20)15-6-9-18-7-4-5-8-19(18)16-22/h3,10-13,16H,1,4-5,7-8,14-15H2,2H3. The minimum absolute atomic E-state index is 0.0673. The molecular formula is C20H23NO3S. The van der Waals surface area contributed by atoms with Gasteiger partial charge in [-0.2, -0.15) is 4.31 Å². The molecule has 0 atom stereocenters. The third kappa shape index (κ3) is 4.91. The van der Waals surface area contributed by atoms with Crippen LogP contribution < -0.4 is 0 Å². The highest BCUT2D eigenvalue weighted by molar-refractivity contribution is 7.89. The molecule has 0 saturated carbocycles. The summed E-state index contributed by atoms with van der Waals surface area (Å²) in [5.74, 6) is 5.93. The first-order valence-corrected chi connectivity index (χ1v) is 9.77. The van der Waals surface area contributed by atoms with Crippen LogP contribution in [0, 0.1) is 18.8 Å². The number of allylic oxidation sites excluding steroid dienone is 2. The van der Waals surface area contributed by atoms with Crippen molar-refractivity contribution < 1.29 is 13.2 Å². The molecule has 0 radical (unpaired) electrons. The Morgan fingerprint density at radius 1 is 1.20 bits per heavy atom. The lowest BCUT2D eigenvalue weighted by molar-refractivity contribution is -0.105. The second-order valence-corrected chi connectivity index (χ2v) is 7.97. The van der Waals surface area contributed by atoms with Crippen molar-refractivity contribution in [3.05, 3.63) is 53.6 Å². The van der Waals surface area contributed by atoms with Crippen LogP contribution in [0.15, 0.2) is 53.0 Å². The molecule has 25 heavy (non-hydrogen) atoms. The van der Waals surface area contributed by atoms with Crippen LogP contribution in [-0.4, -0.2) is 32.1 Å². The molecule has 0 N–H and O–H groups in total. The van der Waals surface area contributed by atoms with Crippen molar-refractivity contribution in [2.75, 3.05) is 13.1 Å². The van der Waals surface area contributed by atoms with Crippen LogP contribution in [0.25, 0.3) is 0 Å². The van der Waals surface area contributed by atoms with Crippen molar-refractivity contribution >= 4 is 16.3 Å². The summed E-state index contributed by atoms with van der Waals surface area (Å²) in [6.45, 7) is 5.80. The van der Waals surface area contributed by atoms with Gasteiger partial charge < -0.3 is 0 Å². The summed E-state index contributed by atoms with van der Waals surface area (Å²) in [5, 5.41) is 0. The van der Waals surface area contributed by atoms with Crippen LogP contribution in [0.3, 0.4) is 0 Å². The maximum absolute atomic E-state index is 12.8. The lowest BCUT2D eigenvalue weighted by Gasteiger charge is -2.18. The maximum atomic E-state index is 12.8. The zero-order valence-corrected chi connectivity index (χ0v) is 15.3.